The molecular weight excluding hydrogens is 384 g/mol. The van der Waals surface area contributed by atoms with Crippen molar-refractivity contribution in [1.82, 2.24) is 4.83 Å². The topological polar surface area (TPSA) is 78.8 Å². The van der Waals surface area contributed by atoms with Crippen LogP contribution in [0.1, 0.15) is 59.8 Å². The standard InChI is InChI=1S/C23H34N2O3S/c1-14-13-16-17(7-11-22(4)18(16)8-12-23(22,5)26)21(3)10-9-19(15(2)20(14)21)24-25-29(6,27)28/h8,12,16-18,25-26H,1,7,9-11,13H2,2-6H3/b24-19+/t16-,17+,18+,21-,22+,23+/m1/s1. The highest BCUT2D eigenvalue weighted by Crippen LogP contribution is 2.66. The first-order chi connectivity index (χ1) is 13.3. The summed E-state index contributed by atoms with van der Waals surface area (Å²) in [5, 5.41) is 15.2. The number of fused-ring (bicyclic) bond motifs is 5. The van der Waals surface area contributed by atoms with Crippen LogP contribution >= 0.6 is 0 Å². The summed E-state index contributed by atoms with van der Waals surface area (Å²) in [6, 6.07) is 0. The summed E-state index contributed by atoms with van der Waals surface area (Å²) >= 11 is 0. The molecule has 29 heavy (non-hydrogen) atoms. The molecule has 0 aromatic carbocycles. The van der Waals surface area contributed by atoms with E-state index in [9.17, 15) is 13.5 Å². The lowest BCUT2D eigenvalue weighted by Gasteiger charge is -2.59. The molecule has 2 saturated carbocycles. The van der Waals surface area contributed by atoms with E-state index in [0.29, 0.717) is 17.8 Å². The van der Waals surface area contributed by atoms with Crippen LogP contribution in [0.25, 0.3) is 0 Å². The van der Waals surface area contributed by atoms with Gasteiger partial charge in [-0.1, -0.05) is 38.2 Å². The minimum absolute atomic E-state index is 0.0256. The van der Waals surface area contributed by atoms with Gasteiger partial charge in [-0.25, -0.2) is 13.2 Å². The van der Waals surface area contributed by atoms with Gasteiger partial charge in [0.25, 0.3) is 0 Å². The molecule has 5 nitrogen and oxygen atoms in total. The van der Waals surface area contributed by atoms with E-state index in [4.69, 9.17) is 0 Å². The molecule has 160 valence electrons. The molecule has 4 aliphatic carbocycles. The zero-order valence-corrected chi connectivity index (χ0v) is 19.1. The summed E-state index contributed by atoms with van der Waals surface area (Å²) in [5.74, 6) is 1.40. The fraction of sp³-hybridized carbons (Fsp3) is 0.696. The number of allylic oxidation sites excluding steroid dienone is 4. The lowest BCUT2D eigenvalue weighted by molar-refractivity contribution is -0.100. The summed E-state index contributed by atoms with van der Waals surface area (Å²) in [5.41, 5.74) is 3.52. The number of rotatable bonds is 2. The second-order valence-corrected chi connectivity index (χ2v) is 12.1. The van der Waals surface area contributed by atoms with Gasteiger partial charge >= 0.3 is 0 Å². The molecule has 4 rings (SSSR count). The number of nitrogens with one attached hydrogen (secondary N) is 1. The summed E-state index contributed by atoms with van der Waals surface area (Å²) in [6.07, 6.45) is 10.2. The maximum absolute atomic E-state index is 11.5. The molecule has 6 heteroatoms. The zero-order valence-electron chi connectivity index (χ0n) is 18.2. The van der Waals surface area contributed by atoms with Gasteiger partial charge in [0.15, 0.2) is 0 Å². The van der Waals surface area contributed by atoms with Gasteiger partial charge in [-0.05, 0) is 80.3 Å². The van der Waals surface area contributed by atoms with E-state index >= 15 is 0 Å². The van der Waals surface area contributed by atoms with Gasteiger partial charge in [-0.2, -0.15) is 5.10 Å². The number of nitrogens with zero attached hydrogens (tertiary/aromatic N) is 1. The third-order valence-corrected chi connectivity index (χ3v) is 9.16. The molecule has 0 saturated heterocycles. The second kappa shape index (κ2) is 6.30. The van der Waals surface area contributed by atoms with E-state index in [-0.39, 0.29) is 10.8 Å². The zero-order chi connectivity index (χ0) is 21.4. The van der Waals surface area contributed by atoms with Crippen LogP contribution in [-0.4, -0.2) is 31.1 Å². The van der Waals surface area contributed by atoms with Crippen molar-refractivity contribution in [2.75, 3.05) is 6.26 Å². The van der Waals surface area contributed by atoms with Gasteiger partial charge in [0.05, 0.1) is 17.6 Å². The highest BCUT2D eigenvalue weighted by Gasteiger charge is 2.61. The smallest absolute Gasteiger partial charge is 0.244 e. The first-order valence-electron chi connectivity index (χ1n) is 10.7. The number of hydrazone groups is 1. The molecule has 0 unspecified atom stereocenters. The van der Waals surface area contributed by atoms with Crippen molar-refractivity contribution in [3.8, 4) is 0 Å². The highest BCUT2D eigenvalue weighted by molar-refractivity contribution is 7.88. The van der Waals surface area contributed by atoms with Crippen molar-refractivity contribution in [2.45, 2.75) is 65.4 Å². The predicted molar refractivity (Wildman–Crippen MR) is 117 cm³/mol. The molecule has 0 bridgehead atoms. The van der Waals surface area contributed by atoms with Crippen molar-refractivity contribution in [3.63, 3.8) is 0 Å². The summed E-state index contributed by atoms with van der Waals surface area (Å²) in [6.45, 7) is 13.1. The summed E-state index contributed by atoms with van der Waals surface area (Å²) < 4.78 is 23.0. The van der Waals surface area contributed by atoms with Crippen LogP contribution in [0.4, 0.5) is 0 Å². The Kier molecular flexibility index (Phi) is 4.53. The average Bonchev–Trinajstić information content (AvgIpc) is 2.83. The Labute approximate surface area is 175 Å². The molecule has 0 aliphatic heterocycles. The quantitative estimate of drug-likeness (QED) is 0.527. The SMILES string of the molecule is C=C1C[C@@H]2[C@H](CC[C@@]3(C)[C@H]2C=C[C@]3(C)O)[C@@]2(C)CC/C(=N\NS(C)(=O)=O)C(C)=C12. The molecular formula is C23H34N2O3S. The fourth-order valence-electron chi connectivity index (χ4n) is 7.01. The first-order valence-corrected chi connectivity index (χ1v) is 12.5. The number of hydrogen-bond acceptors (Lipinski definition) is 4. The summed E-state index contributed by atoms with van der Waals surface area (Å²) in [4.78, 5) is 2.30. The Balaban J connectivity index is 1.73. The van der Waals surface area contributed by atoms with E-state index in [1.165, 1.54) is 5.57 Å². The molecule has 2 N–H and O–H groups in total. The number of sulfonamides is 1. The van der Waals surface area contributed by atoms with E-state index in [1.54, 1.807) is 0 Å². The van der Waals surface area contributed by atoms with Crippen molar-refractivity contribution >= 4 is 15.7 Å². The van der Waals surface area contributed by atoms with E-state index < -0.39 is 15.6 Å². The van der Waals surface area contributed by atoms with Crippen LogP contribution in [0.15, 0.2) is 40.6 Å². The minimum Gasteiger partial charge on any atom is -0.385 e. The Morgan fingerprint density at radius 2 is 1.97 bits per heavy atom. The van der Waals surface area contributed by atoms with Gasteiger partial charge in [0.2, 0.25) is 10.0 Å². The predicted octanol–water partition coefficient (Wildman–Crippen LogP) is 3.94. The largest absolute Gasteiger partial charge is 0.385 e. The maximum atomic E-state index is 11.5. The van der Waals surface area contributed by atoms with Gasteiger partial charge in [0, 0.05) is 5.41 Å². The summed E-state index contributed by atoms with van der Waals surface area (Å²) in [7, 11) is -3.37. The molecule has 0 aromatic rings. The van der Waals surface area contributed by atoms with Gasteiger partial charge in [-0.3, -0.25) is 0 Å². The molecule has 0 radical (unpaired) electrons. The van der Waals surface area contributed by atoms with Crippen molar-refractivity contribution in [1.29, 1.82) is 0 Å². The third kappa shape index (κ3) is 2.97. The van der Waals surface area contributed by atoms with Gasteiger partial charge < -0.3 is 5.11 Å². The lowest BCUT2D eigenvalue weighted by atomic mass is 9.45. The first kappa shape index (κ1) is 20.9. The van der Waals surface area contributed by atoms with Crippen LogP contribution in [0.3, 0.4) is 0 Å². The monoisotopic (exact) mass is 418 g/mol. The van der Waals surface area contributed by atoms with Gasteiger partial charge in [-0.15, -0.1) is 0 Å². The Morgan fingerprint density at radius 3 is 2.62 bits per heavy atom. The van der Waals surface area contributed by atoms with Crippen molar-refractivity contribution in [2.24, 2.45) is 33.7 Å². The Morgan fingerprint density at radius 1 is 1.28 bits per heavy atom. The van der Waals surface area contributed by atoms with E-state index in [1.807, 2.05) is 13.0 Å². The van der Waals surface area contributed by atoms with E-state index in [2.05, 4.69) is 43.4 Å². The molecule has 0 aromatic heterocycles. The van der Waals surface area contributed by atoms with Crippen molar-refractivity contribution < 1.29 is 13.5 Å². The Hall–Kier alpha value is -1.40. The number of aliphatic hydroxyl groups is 1. The molecule has 2 fully saturated rings. The maximum Gasteiger partial charge on any atom is 0.244 e. The van der Waals surface area contributed by atoms with Crippen LogP contribution in [0.5, 0.6) is 0 Å². The average molecular weight is 419 g/mol. The minimum atomic E-state index is -3.37. The lowest BCUT2D eigenvalue weighted by Crippen LogP contribution is -2.55. The molecule has 0 amide bonds. The van der Waals surface area contributed by atoms with Crippen molar-refractivity contribution in [3.05, 3.63) is 35.5 Å². The highest BCUT2D eigenvalue weighted by atomic mass is 32.2. The van der Waals surface area contributed by atoms with Crippen LogP contribution in [-0.2, 0) is 10.0 Å². The second-order valence-electron chi connectivity index (χ2n) is 10.4. The Bertz CT molecular complexity index is 959. The van der Waals surface area contributed by atoms with Crippen LogP contribution < -0.4 is 4.83 Å². The molecule has 0 heterocycles. The number of hydrogen-bond donors (Lipinski definition) is 2. The van der Waals surface area contributed by atoms with Gasteiger partial charge in [0.1, 0.15) is 0 Å². The normalized spacial score (nSPS) is 45.8. The molecule has 6 atom stereocenters. The van der Waals surface area contributed by atoms with Crippen LogP contribution in [0.2, 0.25) is 0 Å². The molecule has 4 aliphatic rings. The van der Waals surface area contributed by atoms with Crippen LogP contribution in [0, 0.1) is 28.6 Å². The van der Waals surface area contributed by atoms with E-state index in [0.717, 1.165) is 55.2 Å². The third-order valence-electron chi connectivity index (χ3n) is 8.73. The molecule has 0 spiro atoms. The fourth-order valence-corrected chi connectivity index (χ4v) is 7.29.